The van der Waals surface area contributed by atoms with E-state index in [1.165, 1.54) is 44.1 Å². The molecular weight excluding hydrogens is 342 g/mol. The van der Waals surface area contributed by atoms with Crippen LogP contribution in [0.1, 0.15) is 56.9 Å². The van der Waals surface area contributed by atoms with Gasteiger partial charge in [-0.25, -0.2) is 8.78 Å². The first-order valence-corrected chi connectivity index (χ1v) is 10.2. The molecule has 27 heavy (non-hydrogen) atoms. The first-order chi connectivity index (χ1) is 13.2. The molecule has 2 aromatic rings. The lowest BCUT2D eigenvalue weighted by atomic mass is 9.77. The molecule has 1 aliphatic rings. The topological polar surface area (TPSA) is 9.23 Å². The Morgan fingerprint density at radius 3 is 2.07 bits per heavy atom. The molecular formula is C24H30F2O. The fraction of sp³-hybridized carbons (Fsp3) is 0.500. The summed E-state index contributed by atoms with van der Waals surface area (Å²) < 4.78 is 30.3. The van der Waals surface area contributed by atoms with Gasteiger partial charge in [0.25, 0.3) is 0 Å². The Hall–Kier alpha value is -1.90. The molecule has 146 valence electrons. The van der Waals surface area contributed by atoms with Crippen LogP contribution in [-0.4, -0.2) is 19.5 Å². The highest BCUT2D eigenvalue weighted by atomic mass is 19.2. The molecule has 0 aliphatic heterocycles. The zero-order chi connectivity index (χ0) is 19.1. The Bertz CT molecular complexity index is 673. The van der Waals surface area contributed by atoms with E-state index in [4.69, 9.17) is 4.74 Å². The first kappa shape index (κ1) is 19.9. The van der Waals surface area contributed by atoms with Crippen LogP contribution < -0.4 is 4.74 Å². The standard InChI is InChI=1S/C24H30F2O/c1-2-3-18-4-6-19(7-5-18)20-8-10-21(11-9-20)22-12-14-24(15-13-22)27-17-23(26)16-25/h8-15,18-19,23H,2-7,16-17H2,1H3. The summed E-state index contributed by atoms with van der Waals surface area (Å²) in [4.78, 5) is 0. The third kappa shape index (κ3) is 5.54. The van der Waals surface area contributed by atoms with Crippen LogP contribution in [0.15, 0.2) is 48.5 Å². The normalized spacial score (nSPS) is 21.0. The molecule has 0 N–H and O–H groups in total. The maximum atomic E-state index is 12.9. The van der Waals surface area contributed by atoms with Crippen molar-refractivity contribution in [3.63, 3.8) is 0 Å². The van der Waals surface area contributed by atoms with E-state index < -0.39 is 12.8 Å². The number of alkyl halides is 2. The summed E-state index contributed by atoms with van der Waals surface area (Å²) in [7, 11) is 0. The minimum Gasteiger partial charge on any atom is -0.490 e. The van der Waals surface area contributed by atoms with Crippen molar-refractivity contribution in [2.75, 3.05) is 13.3 Å². The van der Waals surface area contributed by atoms with Crippen molar-refractivity contribution in [1.82, 2.24) is 0 Å². The Kier molecular flexibility index (Phi) is 7.25. The first-order valence-electron chi connectivity index (χ1n) is 10.2. The van der Waals surface area contributed by atoms with Crippen molar-refractivity contribution in [1.29, 1.82) is 0 Å². The van der Waals surface area contributed by atoms with E-state index in [0.717, 1.165) is 17.0 Å². The molecule has 0 aromatic heterocycles. The highest BCUT2D eigenvalue weighted by Crippen LogP contribution is 2.38. The summed E-state index contributed by atoms with van der Waals surface area (Å²) in [5, 5.41) is 0. The lowest BCUT2D eigenvalue weighted by Gasteiger charge is -2.28. The molecule has 3 rings (SSSR count). The van der Waals surface area contributed by atoms with Crippen LogP contribution in [-0.2, 0) is 0 Å². The lowest BCUT2D eigenvalue weighted by molar-refractivity contribution is 0.166. The molecule has 0 spiro atoms. The molecule has 1 fully saturated rings. The second-order valence-corrected chi connectivity index (χ2v) is 7.72. The number of rotatable bonds is 8. The van der Waals surface area contributed by atoms with Crippen LogP contribution in [0.4, 0.5) is 8.78 Å². The third-order valence-corrected chi connectivity index (χ3v) is 5.71. The van der Waals surface area contributed by atoms with Crippen LogP contribution in [0.2, 0.25) is 0 Å². The van der Waals surface area contributed by atoms with Gasteiger partial charge >= 0.3 is 0 Å². The maximum Gasteiger partial charge on any atom is 0.162 e. The Morgan fingerprint density at radius 2 is 1.52 bits per heavy atom. The predicted molar refractivity (Wildman–Crippen MR) is 108 cm³/mol. The average molecular weight is 372 g/mol. The SMILES string of the molecule is CCCC1CCC(c2ccc(-c3ccc(OCC(F)CF)cc3)cc2)CC1. The minimum absolute atomic E-state index is 0.245. The van der Waals surface area contributed by atoms with Gasteiger partial charge in [-0.05, 0) is 66.3 Å². The molecule has 0 saturated heterocycles. The molecule has 0 amide bonds. The van der Waals surface area contributed by atoms with E-state index in [2.05, 4.69) is 31.2 Å². The van der Waals surface area contributed by atoms with Crippen LogP contribution in [0.5, 0.6) is 5.75 Å². The lowest BCUT2D eigenvalue weighted by Crippen LogP contribution is -2.14. The zero-order valence-corrected chi connectivity index (χ0v) is 16.2. The second kappa shape index (κ2) is 9.87. The van der Waals surface area contributed by atoms with E-state index in [1.54, 1.807) is 0 Å². The smallest absolute Gasteiger partial charge is 0.162 e. The summed E-state index contributed by atoms with van der Waals surface area (Å²) in [6.07, 6.45) is 6.47. The molecule has 2 aromatic carbocycles. The third-order valence-electron chi connectivity index (χ3n) is 5.71. The van der Waals surface area contributed by atoms with E-state index in [-0.39, 0.29) is 6.61 Å². The summed E-state index contributed by atoms with van der Waals surface area (Å²) in [6, 6.07) is 16.4. The maximum absolute atomic E-state index is 12.9. The molecule has 3 heteroatoms. The van der Waals surface area contributed by atoms with E-state index in [1.807, 2.05) is 24.3 Å². The van der Waals surface area contributed by atoms with Crippen molar-refractivity contribution in [3.05, 3.63) is 54.1 Å². The van der Waals surface area contributed by atoms with E-state index in [0.29, 0.717) is 11.7 Å². The van der Waals surface area contributed by atoms with Crippen molar-refractivity contribution in [3.8, 4) is 16.9 Å². The molecule has 1 nitrogen and oxygen atoms in total. The number of ether oxygens (including phenoxy) is 1. The predicted octanol–water partition coefficient (Wildman–Crippen LogP) is 7.11. The number of hydrogen-bond donors (Lipinski definition) is 0. The van der Waals surface area contributed by atoms with Crippen molar-refractivity contribution >= 4 is 0 Å². The molecule has 0 bridgehead atoms. The van der Waals surface area contributed by atoms with Gasteiger partial charge in [-0.3, -0.25) is 0 Å². The average Bonchev–Trinajstić information content (AvgIpc) is 2.73. The highest BCUT2D eigenvalue weighted by molar-refractivity contribution is 5.64. The fourth-order valence-electron chi connectivity index (χ4n) is 4.12. The summed E-state index contributed by atoms with van der Waals surface area (Å²) >= 11 is 0. The van der Waals surface area contributed by atoms with Crippen molar-refractivity contribution < 1.29 is 13.5 Å². The number of hydrogen-bond acceptors (Lipinski definition) is 1. The van der Waals surface area contributed by atoms with Gasteiger partial charge in [-0.1, -0.05) is 56.2 Å². The number of benzene rings is 2. The summed E-state index contributed by atoms with van der Waals surface area (Å²) in [5.41, 5.74) is 3.72. The second-order valence-electron chi connectivity index (χ2n) is 7.72. The Balaban J connectivity index is 1.57. The molecule has 0 radical (unpaired) electrons. The molecule has 0 heterocycles. The molecule has 1 atom stereocenters. The van der Waals surface area contributed by atoms with Crippen molar-refractivity contribution in [2.24, 2.45) is 5.92 Å². The zero-order valence-electron chi connectivity index (χ0n) is 16.2. The molecule has 1 saturated carbocycles. The quantitative estimate of drug-likeness (QED) is 0.479. The van der Waals surface area contributed by atoms with E-state index in [9.17, 15) is 8.78 Å². The van der Waals surface area contributed by atoms with Crippen LogP contribution in [0.3, 0.4) is 0 Å². The summed E-state index contributed by atoms with van der Waals surface area (Å²) in [5.74, 6) is 2.20. The summed E-state index contributed by atoms with van der Waals surface area (Å²) in [6.45, 7) is 1.03. The van der Waals surface area contributed by atoms with Crippen LogP contribution in [0.25, 0.3) is 11.1 Å². The monoisotopic (exact) mass is 372 g/mol. The largest absolute Gasteiger partial charge is 0.490 e. The van der Waals surface area contributed by atoms with Gasteiger partial charge in [0.05, 0.1) is 0 Å². The minimum atomic E-state index is -1.56. The van der Waals surface area contributed by atoms with Crippen molar-refractivity contribution in [2.45, 2.75) is 57.5 Å². The van der Waals surface area contributed by atoms with Gasteiger partial charge in [0.2, 0.25) is 0 Å². The van der Waals surface area contributed by atoms with Gasteiger partial charge in [0.1, 0.15) is 19.0 Å². The van der Waals surface area contributed by atoms with Crippen LogP contribution in [0, 0.1) is 5.92 Å². The molecule has 1 aliphatic carbocycles. The highest BCUT2D eigenvalue weighted by Gasteiger charge is 2.21. The van der Waals surface area contributed by atoms with Gasteiger partial charge in [0.15, 0.2) is 6.17 Å². The van der Waals surface area contributed by atoms with E-state index >= 15 is 0 Å². The Labute approximate surface area is 161 Å². The van der Waals surface area contributed by atoms with Gasteiger partial charge in [-0.2, -0.15) is 0 Å². The Morgan fingerprint density at radius 1 is 0.926 bits per heavy atom. The van der Waals surface area contributed by atoms with Gasteiger partial charge in [0, 0.05) is 0 Å². The van der Waals surface area contributed by atoms with Gasteiger partial charge in [-0.15, -0.1) is 0 Å². The fourth-order valence-corrected chi connectivity index (χ4v) is 4.12. The number of halogens is 2. The van der Waals surface area contributed by atoms with Gasteiger partial charge < -0.3 is 4.74 Å². The molecule has 1 unspecified atom stereocenters. The van der Waals surface area contributed by atoms with Crippen LogP contribution >= 0.6 is 0 Å².